The van der Waals surface area contributed by atoms with Crippen molar-refractivity contribution in [3.63, 3.8) is 0 Å². The van der Waals surface area contributed by atoms with Crippen LogP contribution in [0.3, 0.4) is 0 Å². The van der Waals surface area contributed by atoms with Crippen LogP contribution in [0, 0.1) is 0 Å². The number of amides is 2. The number of ether oxygens (including phenoxy) is 3. The van der Waals surface area contributed by atoms with Gasteiger partial charge in [-0.1, -0.05) is 0 Å². The van der Waals surface area contributed by atoms with Crippen molar-refractivity contribution < 1.29 is 33.4 Å². The average Bonchev–Trinajstić information content (AvgIpc) is 3.11. The number of alkyl carbamates (subject to hydrolysis) is 1. The first-order valence-corrected chi connectivity index (χ1v) is 10.9. The van der Waals surface area contributed by atoms with E-state index >= 15 is 0 Å². The van der Waals surface area contributed by atoms with Gasteiger partial charge in [0.15, 0.2) is 0 Å². The van der Waals surface area contributed by atoms with Crippen LogP contribution in [-0.2, 0) is 23.8 Å². The third kappa shape index (κ3) is 8.42. The number of hydrogen-bond donors (Lipinski definition) is 3. The maximum atomic E-state index is 12.9. The Bertz CT molecular complexity index is 1060. The van der Waals surface area contributed by atoms with Crippen molar-refractivity contribution >= 4 is 40.5 Å². The zero-order valence-corrected chi connectivity index (χ0v) is 20.7. The number of aromatic amines is 1. The monoisotopic (exact) mass is 475 g/mol. The summed E-state index contributed by atoms with van der Waals surface area (Å²) in [4.78, 5) is 52.0. The van der Waals surface area contributed by atoms with Gasteiger partial charge in [0.25, 0.3) is 0 Å². The first-order chi connectivity index (χ1) is 15.7. The predicted octanol–water partition coefficient (Wildman–Crippen LogP) is 3.91. The van der Waals surface area contributed by atoms with Gasteiger partial charge in [-0.2, -0.15) is 0 Å². The van der Waals surface area contributed by atoms with Crippen molar-refractivity contribution in [3.05, 3.63) is 30.0 Å². The molecule has 10 heteroatoms. The Morgan fingerprint density at radius 3 is 2.21 bits per heavy atom. The van der Waals surface area contributed by atoms with Gasteiger partial charge in [0.1, 0.15) is 22.9 Å². The molecule has 2 aromatic rings. The molecule has 0 bridgehead atoms. The molecule has 0 radical (unpaired) electrons. The van der Waals surface area contributed by atoms with Crippen LogP contribution in [0.1, 0.15) is 64.9 Å². The second-order valence-electron chi connectivity index (χ2n) is 9.79. The molecule has 0 saturated heterocycles. The number of nitrogens with one attached hydrogen (secondary N) is 3. The lowest BCUT2D eigenvalue weighted by atomic mass is 10.1. The summed E-state index contributed by atoms with van der Waals surface area (Å²) in [5, 5.41) is 5.92. The summed E-state index contributed by atoms with van der Waals surface area (Å²) >= 11 is 0. The van der Waals surface area contributed by atoms with Crippen LogP contribution in [0.4, 0.5) is 10.5 Å². The number of benzene rings is 1. The quantitative estimate of drug-likeness (QED) is 0.408. The standard InChI is InChI=1S/C24H33N3O7/c1-23(2,3)33-21(30)18-13-14-12-15(8-9-16(14)26-18)25-20(29)17(10-11-19(28)32-7)27-22(31)34-24(4,5)6/h8-9,12-13,17,26H,10-11H2,1-7H3,(H,25,29)(H,27,31)/t17-/m0/s1. The molecule has 0 aliphatic carbocycles. The highest BCUT2D eigenvalue weighted by Crippen LogP contribution is 2.22. The highest BCUT2D eigenvalue weighted by molar-refractivity contribution is 6.00. The molecule has 0 aliphatic heterocycles. The minimum Gasteiger partial charge on any atom is -0.469 e. The van der Waals surface area contributed by atoms with Crippen LogP contribution in [0.25, 0.3) is 10.9 Å². The van der Waals surface area contributed by atoms with E-state index in [4.69, 9.17) is 9.47 Å². The molecule has 34 heavy (non-hydrogen) atoms. The molecule has 1 heterocycles. The molecule has 2 amide bonds. The largest absolute Gasteiger partial charge is 0.469 e. The van der Waals surface area contributed by atoms with E-state index in [1.165, 1.54) is 7.11 Å². The lowest BCUT2D eigenvalue weighted by Crippen LogP contribution is -2.46. The Morgan fingerprint density at radius 2 is 1.62 bits per heavy atom. The zero-order chi connectivity index (χ0) is 25.7. The lowest BCUT2D eigenvalue weighted by Gasteiger charge is -2.23. The average molecular weight is 476 g/mol. The van der Waals surface area contributed by atoms with Crippen molar-refractivity contribution in [1.29, 1.82) is 0 Å². The van der Waals surface area contributed by atoms with Crippen molar-refractivity contribution in [2.45, 2.75) is 71.6 Å². The number of H-pyrrole nitrogens is 1. The number of aromatic nitrogens is 1. The topological polar surface area (TPSA) is 136 Å². The lowest BCUT2D eigenvalue weighted by molar-refractivity contribution is -0.140. The SMILES string of the molecule is COC(=O)CC[C@H](NC(=O)OC(C)(C)C)C(=O)Nc1ccc2[nH]c(C(=O)OC(C)(C)C)cc2c1. The molecule has 0 fully saturated rings. The van der Waals surface area contributed by atoms with Gasteiger partial charge in [-0.05, 0) is 72.2 Å². The fourth-order valence-corrected chi connectivity index (χ4v) is 2.97. The molecule has 1 atom stereocenters. The summed E-state index contributed by atoms with van der Waals surface area (Å²) in [6.07, 6.45) is -0.825. The van der Waals surface area contributed by atoms with E-state index in [0.29, 0.717) is 16.6 Å². The molecular weight excluding hydrogens is 442 g/mol. The number of fused-ring (bicyclic) bond motifs is 1. The first kappa shape index (κ1) is 26.7. The van der Waals surface area contributed by atoms with E-state index in [9.17, 15) is 19.2 Å². The smallest absolute Gasteiger partial charge is 0.408 e. The van der Waals surface area contributed by atoms with Crippen molar-refractivity contribution in [2.75, 3.05) is 12.4 Å². The summed E-state index contributed by atoms with van der Waals surface area (Å²) in [6.45, 7) is 10.4. The summed E-state index contributed by atoms with van der Waals surface area (Å²) in [5.74, 6) is -1.53. The second kappa shape index (κ2) is 10.6. The molecule has 0 saturated carbocycles. The van der Waals surface area contributed by atoms with E-state index in [0.717, 1.165) is 0 Å². The molecule has 0 unspecified atom stereocenters. The zero-order valence-electron chi connectivity index (χ0n) is 20.7. The van der Waals surface area contributed by atoms with Gasteiger partial charge in [0.05, 0.1) is 7.11 Å². The summed E-state index contributed by atoms with van der Waals surface area (Å²) in [7, 11) is 1.25. The molecule has 3 N–H and O–H groups in total. The Kier molecular flexibility index (Phi) is 8.31. The Morgan fingerprint density at radius 1 is 0.971 bits per heavy atom. The predicted molar refractivity (Wildman–Crippen MR) is 127 cm³/mol. The Balaban J connectivity index is 2.17. The van der Waals surface area contributed by atoms with Crippen LogP contribution < -0.4 is 10.6 Å². The summed E-state index contributed by atoms with van der Waals surface area (Å²) < 4.78 is 15.2. The van der Waals surface area contributed by atoms with Gasteiger partial charge in [-0.15, -0.1) is 0 Å². The summed E-state index contributed by atoms with van der Waals surface area (Å²) in [6, 6.07) is 5.65. The number of hydrogen-bond acceptors (Lipinski definition) is 7. The van der Waals surface area contributed by atoms with Gasteiger partial charge >= 0.3 is 18.0 Å². The molecular formula is C24H33N3O7. The minimum atomic E-state index is -1.03. The number of methoxy groups -OCH3 is 1. The maximum absolute atomic E-state index is 12.9. The molecule has 2 rings (SSSR count). The Labute approximate surface area is 198 Å². The second-order valence-corrected chi connectivity index (χ2v) is 9.79. The van der Waals surface area contributed by atoms with Gasteiger partial charge in [-0.25, -0.2) is 9.59 Å². The molecule has 0 spiro atoms. The van der Waals surface area contributed by atoms with Gasteiger partial charge in [-0.3, -0.25) is 9.59 Å². The van der Waals surface area contributed by atoms with Crippen LogP contribution in [-0.4, -0.2) is 53.3 Å². The van der Waals surface area contributed by atoms with E-state index in [1.807, 2.05) is 0 Å². The van der Waals surface area contributed by atoms with Crippen LogP contribution in [0.15, 0.2) is 24.3 Å². The van der Waals surface area contributed by atoms with Gasteiger partial charge in [0.2, 0.25) is 5.91 Å². The van der Waals surface area contributed by atoms with Crippen LogP contribution in [0.2, 0.25) is 0 Å². The molecule has 186 valence electrons. The van der Waals surface area contributed by atoms with Crippen molar-refractivity contribution in [1.82, 2.24) is 10.3 Å². The molecule has 1 aromatic carbocycles. The Hall–Kier alpha value is -3.56. The third-order valence-electron chi connectivity index (χ3n) is 4.38. The van der Waals surface area contributed by atoms with E-state index in [1.54, 1.807) is 65.8 Å². The van der Waals surface area contributed by atoms with Gasteiger partial charge < -0.3 is 29.8 Å². The number of anilines is 1. The number of carbonyl (C=O) groups excluding carboxylic acids is 4. The van der Waals surface area contributed by atoms with Crippen LogP contribution >= 0.6 is 0 Å². The fraction of sp³-hybridized carbons (Fsp3) is 0.500. The van der Waals surface area contributed by atoms with Crippen molar-refractivity contribution in [2.24, 2.45) is 0 Å². The first-order valence-electron chi connectivity index (χ1n) is 10.9. The van der Waals surface area contributed by atoms with Crippen LogP contribution in [0.5, 0.6) is 0 Å². The van der Waals surface area contributed by atoms with Crippen molar-refractivity contribution in [3.8, 4) is 0 Å². The number of carbonyl (C=O) groups is 4. The third-order valence-corrected chi connectivity index (χ3v) is 4.38. The van der Waals surface area contributed by atoms with E-state index in [2.05, 4.69) is 20.4 Å². The normalized spacial score (nSPS) is 12.6. The summed E-state index contributed by atoms with van der Waals surface area (Å²) in [5.41, 5.74) is 0.0390. The molecule has 0 aliphatic rings. The molecule has 10 nitrogen and oxygen atoms in total. The minimum absolute atomic E-state index is 0.0208. The highest BCUT2D eigenvalue weighted by atomic mass is 16.6. The molecule has 1 aromatic heterocycles. The number of rotatable bonds is 7. The number of esters is 2. The highest BCUT2D eigenvalue weighted by Gasteiger charge is 2.26. The van der Waals surface area contributed by atoms with Gasteiger partial charge in [0, 0.05) is 23.0 Å². The van der Waals surface area contributed by atoms with E-state index < -0.39 is 41.2 Å². The maximum Gasteiger partial charge on any atom is 0.408 e. The fourth-order valence-electron chi connectivity index (χ4n) is 2.97. The van der Waals surface area contributed by atoms with E-state index in [-0.39, 0.29) is 18.5 Å².